The molecule has 6 heteroatoms. The summed E-state index contributed by atoms with van der Waals surface area (Å²) in [6, 6.07) is 13.8. The van der Waals surface area contributed by atoms with E-state index in [0.29, 0.717) is 22.7 Å². The van der Waals surface area contributed by atoms with Gasteiger partial charge in [0.25, 0.3) is 5.69 Å². The van der Waals surface area contributed by atoms with E-state index in [-0.39, 0.29) is 5.69 Å². The second-order valence-corrected chi connectivity index (χ2v) is 4.95. The topological polar surface area (TPSA) is 70.2 Å². The van der Waals surface area contributed by atoms with Gasteiger partial charge in [0.2, 0.25) is 0 Å². The molecule has 2 aromatic carbocycles. The summed E-state index contributed by atoms with van der Waals surface area (Å²) >= 11 is 5.80. The minimum atomic E-state index is -0.453. The Kier molecular flexibility index (Phi) is 4.41. The van der Waals surface area contributed by atoms with E-state index < -0.39 is 4.92 Å². The molecule has 2 rings (SSSR count). The maximum absolute atomic E-state index is 11.1. The number of nitriles is 1. The van der Waals surface area contributed by atoms with E-state index in [9.17, 15) is 10.1 Å². The van der Waals surface area contributed by atoms with Crippen molar-refractivity contribution in [3.63, 3.8) is 0 Å². The van der Waals surface area contributed by atoms with Crippen molar-refractivity contribution >= 4 is 23.0 Å². The minimum absolute atomic E-state index is 0.0243. The molecule has 0 saturated carbocycles. The fourth-order valence-electron chi connectivity index (χ4n) is 2.08. The molecule has 0 aliphatic rings. The van der Waals surface area contributed by atoms with Crippen LogP contribution in [0.3, 0.4) is 0 Å². The first-order valence-corrected chi connectivity index (χ1v) is 6.54. The highest BCUT2D eigenvalue weighted by Crippen LogP contribution is 2.27. The van der Waals surface area contributed by atoms with Crippen LogP contribution in [-0.2, 0) is 6.54 Å². The van der Waals surface area contributed by atoms with Gasteiger partial charge in [0.1, 0.15) is 6.07 Å². The molecule has 0 radical (unpaired) electrons. The molecule has 0 atom stereocenters. The highest BCUT2D eigenvalue weighted by Gasteiger charge is 2.17. The molecule has 5 nitrogen and oxygen atoms in total. The van der Waals surface area contributed by atoms with E-state index in [1.54, 1.807) is 42.3 Å². The number of hydrogen-bond acceptors (Lipinski definition) is 4. The molecule has 0 saturated heterocycles. The molecular weight excluding hydrogens is 290 g/mol. The Morgan fingerprint density at radius 2 is 2.05 bits per heavy atom. The fraction of sp³-hybridized carbons (Fsp3) is 0.133. The average molecular weight is 302 g/mol. The summed E-state index contributed by atoms with van der Waals surface area (Å²) in [4.78, 5) is 12.4. The van der Waals surface area contributed by atoms with Crippen molar-refractivity contribution in [3.8, 4) is 6.07 Å². The van der Waals surface area contributed by atoms with E-state index in [2.05, 4.69) is 6.07 Å². The normalized spacial score (nSPS) is 9.95. The zero-order chi connectivity index (χ0) is 15.4. The Hall–Kier alpha value is -2.58. The molecule has 0 aliphatic heterocycles. The van der Waals surface area contributed by atoms with Gasteiger partial charge in [-0.2, -0.15) is 5.26 Å². The lowest BCUT2D eigenvalue weighted by Crippen LogP contribution is -2.18. The second-order valence-electron chi connectivity index (χ2n) is 4.52. The van der Waals surface area contributed by atoms with Gasteiger partial charge < -0.3 is 4.90 Å². The van der Waals surface area contributed by atoms with Crippen LogP contribution in [0.5, 0.6) is 0 Å². The van der Waals surface area contributed by atoms with Crippen LogP contribution in [0.4, 0.5) is 11.4 Å². The Morgan fingerprint density at radius 3 is 2.71 bits per heavy atom. The van der Waals surface area contributed by atoms with Gasteiger partial charge in [0, 0.05) is 30.2 Å². The van der Waals surface area contributed by atoms with Crippen LogP contribution in [-0.4, -0.2) is 12.0 Å². The van der Waals surface area contributed by atoms with Crippen molar-refractivity contribution in [3.05, 3.63) is 68.7 Å². The highest BCUT2D eigenvalue weighted by atomic mass is 35.5. The van der Waals surface area contributed by atoms with Crippen LogP contribution >= 0.6 is 11.6 Å². The SMILES string of the molecule is CN(Cc1ccc(Cl)cc1[N+](=O)[O-])c1ccccc1C#N. The quantitative estimate of drug-likeness (QED) is 0.637. The van der Waals surface area contributed by atoms with Crippen molar-refractivity contribution < 1.29 is 4.92 Å². The van der Waals surface area contributed by atoms with Gasteiger partial charge in [-0.05, 0) is 24.3 Å². The number of nitrogens with zero attached hydrogens (tertiary/aromatic N) is 3. The van der Waals surface area contributed by atoms with E-state index in [1.807, 2.05) is 6.07 Å². The Bertz CT molecular complexity index is 725. The van der Waals surface area contributed by atoms with Gasteiger partial charge >= 0.3 is 0 Å². The summed E-state index contributed by atoms with van der Waals surface area (Å²) in [5.41, 5.74) is 1.77. The van der Waals surface area contributed by atoms with Crippen LogP contribution in [0.1, 0.15) is 11.1 Å². The van der Waals surface area contributed by atoms with Gasteiger partial charge in [-0.25, -0.2) is 0 Å². The monoisotopic (exact) mass is 301 g/mol. The van der Waals surface area contributed by atoms with E-state index in [0.717, 1.165) is 5.69 Å². The molecule has 21 heavy (non-hydrogen) atoms. The molecule has 2 aromatic rings. The number of halogens is 1. The van der Waals surface area contributed by atoms with Crippen LogP contribution in [0.25, 0.3) is 0 Å². The summed E-state index contributed by atoms with van der Waals surface area (Å²) in [5, 5.41) is 20.5. The zero-order valence-electron chi connectivity index (χ0n) is 11.3. The van der Waals surface area contributed by atoms with Crippen LogP contribution in [0.15, 0.2) is 42.5 Å². The third-order valence-corrected chi connectivity index (χ3v) is 3.32. The first-order valence-electron chi connectivity index (χ1n) is 6.16. The number of benzene rings is 2. The lowest BCUT2D eigenvalue weighted by molar-refractivity contribution is -0.385. The lowest BCUT2D eigenvalue weighted by atomic mass is 10.1. The third kappa shape index (κ3) is 3.30. The third-order valence-electron chi connectivity index (χ3n) is 3.09. The first-order chi connectivity index (χ1) is 10.0. The first kappa shape index (κ1) is 14.8. The molecule has 0 unspecified atom stereocenters. The van der Waals surface area contributed by atoms with Gasteiger partial charge in [-0.15, -0.1) is 0 Å². The molecule has 0 aliphatic carbocycles. The minimum Gasteiger partial charge on any atom is -0.369 e. The van der Waals surface area contributed by atoms with Crippen molar-refractivity contribution in [2.45, 2.75) is 6.54 Å². The maximum Gasteiger partial charge on any atom is 0.275 e. The van der Waals surface area contributed by atoms with Crippen molar-refractivity contribution in [2.75, 3.05) is 11.9 Å². The number of para-hydroxylation sites is 1. The number of rotatable bonds is 4. The highest BCUT2D eigenvalue weighted by molar-refractivity contribution is 6.30. The standard InChI is InChI=1S/C15H12ClN3O2/c1-18(14-5-3-2-4-11(14)9-17)10-12-6-7-13(16)8-15(12)19(20)21/h2-8H,10H2,1H3. The van der Waals surface area contributed by atoms with E-state index >= 15 is 0 Å². The van der Waals surface area contributed by atoms with Crippen LogP contribution < -0.4 is 4.90 Å². The summed E-state index contributed by atoms with van der Waals surface area (Å²) in [6.45, 7) is 0.312. The van der Waals surface area contributed by atoms with Crippen molar-refractivity contribution in [1.82, 2.24) is 0 Å². The number of anilines is 1. The molecule has 0 bridgehead atoms. The van der Waals surface area contributed by atoms with Gasteiger partial charge in [-0.3, -0.25) is 10.1 Å². The van der Waals surface area contributed by atoms with Crippen LogP contribution in [0, 0.1) is 21.4 Å². The summed E-state index contributed by atoms with van der Waals surface area (Å²) in [6.07, 6.45) is 0. The summed E-state index contributed by atoms with van der Waals surface area (Å²) in [7, 11) is 1.79. The second kappa shape index (κ2) is 6.25. The van der Waals surface area contributed by atoms with E-state index in [4.69, 9.17) is 16.9 Å². The molecule has 106 valence electrons. The smallest absolute Gasteiger partial charge is 0.275 e. The molecular formula is C15H12ClN3O2. The zero-order valence-corrected chi connectivity index (χ0v) is 12.0. The van der Waals surface area contributed by atoms with Crippen molar-refractivity contribution in [2.24, 2.45) is 0 Å². The molecule has 0 aromatic heterocycles. The van der Waals surface area contributed by atoms with Crippen LogP contribution in [0.2, 0.25) is 5.02 Å². The average Bonchev–Trinajstić information content (AvgIpc) is 2.48. The Balaban J connectivity index is 2.34. The summed E-state index contributed by atoms with van der Waals surface area (Å²) < 4.78 is 0. The predicted molar refractivity (Wildman–Crippen MR) is 81.4 cm³/mol. The Labute approximate surface area is 127 Å². The van der Waals surface area contributed by atoms with Crippen molar-refractivity contribution in [1.29, 1.82) is 5.26 Å². The van der Waals surface area contributed by atoms with Gasteiger partial charge in [0.15, 0.2) is 0 Å². The molecule has 0 heterocycles. The number of hydrogen-bond donors (Lipinski definition) is 0. The molecule has 0 spiro atoms. The fourth-order valence-corrected chi connectivity index (χ4v) is 2.25. The Morgan fingerprint density at radius 1 is 1.33 bits per heavy atom. The maximum atomic E-state index is 11.1. The van der Waals surface area contributed by atoms with Gasteiger partial charge in [-0.1, -0.05) is 23.7 Å². The summed E-state index contributed by atoms with van der Waals surface area (Å²) in [5.74, 6) is 0. The van der Waals surface area contributed by atoms with E-state index in [1.165, 1.54) is 6.07 Å². The number of nitro benzene ring substituents is 1. The van der Waals surface area contributed by atoms with Gasteiger partial charge in [0.05, 0.1) is 16.2 Å². The predicted octanol–water partition coefficient (Wildman–Crippen LogP) is 3.76. The largest absolute Gasteiger partial charge is 0.369 e. The molecule has 0 fully saturated rings. The lowest BCUT2D eigenvalue weighted by Gasteiger charge is -2.20. The molecule has 0 amide bonds. The molecule has 0 N–H and O–H groups in total. The number of nitro groups is 1.